The number of ether oxygens (including phenoxy) is 3. The van der Waals surface area contributed by atoms with E-state index in [-0.39, 0.29) is 24.2 Å². The summed E-state index contributed by atoms with van der Waals surface area (Å²) in [5.41, 5.74) is 0.948. The van der Waals surface area contributed by atoms with E-state index in [0.717, 1.165) is 18.4 Å². The zero-order chi connectivity index (χ0) is 23.2. The van der Waals surface area contributed by atoms with Crippen LogP contribution in [0.3, 0.4) is 0 Å². The van der Waals surface area contributed by atoms with Crippen LogP contribution in [0.5, 0.6) is 17.2 Å². The summed E-state index contributed by atoms with van der Waals surface area (Å²) in [6.07, 6.45) is 3.99. The predicted molar refractivity (Wildman–Crippen MR) is 119 cm³/mol. The predicted octanol–water partition coefficient (Wildman–Crippen LogP) is 4.21. The lowest BCUT2D eigenvalue weighted by molar-refractivity contribution is -0.134. The van der Waals surface area contributed by atoms with Crippen molar-refractivity contribution in [3.05, 3.63) is 71.7 Å². The minimum atomic E-state index is -0.267. The summed E-state index contributed by atoms with van der Waals surface area (Å²) in [5.74, 6) is 2.39. The first-order valence-electron chi connectivity index (χ1n) is 10.9. The molecule has 1 aromatic heterocycles. The van der Waals surface area contributed by atoms with E-state index in [1.807, 2.05) is 0 Å². The van der Waals surface area contributed by atoms with E-state index in [1.165, 1.54) is 12.1 Å². The number of benzene rings is 2. The van der Waals surface area contributed by atoms with Crippen molar-refractivity contribution >= 4 is 5.91 Å². The highest BCUT2D eigenvalue weighted by Crippen LogP contribution is 2.37. The number of aromatic nitrogens is 1. The monoisotopic (exact) mass is 454 g/mol. The van der Waals surface area contributed by atoms with Crippen LogP contribution in [0, 0.1) is 5.82 Å². The van der Waals surface area contributed by atoms with E-state index in [9.17, 15) is 9.18 Å². The van der Waals surface area contributed by atoms with Crippen LogP contribution in [-0.2, 0) is 11.2 Å². The Morgan fingerprint density at radius 3 is 2.58 bits per heavy atom. The summed E-state index contributed by atoms with van der Waals surface area (Å²) in [4.78, 5) is 19.1. The van der Waals surface area contributed by atoms with Crippen LogP contribution in [-0.4, -0.2) is 49.7 Å². The van der Waals surface area contributed by atoms with Crippen molar-refractivity contribution in [3.63, 3.8) is 0 Å². The molecule has 33 heavy (non-hydrogen) atoms. The van der Waals surface area contributed by atoms with E-state index in [1.54, 1.807) is 55.6 Å². The number of methoxy groups -OCH3 is 2. The Bertz CT molecular complexity index is 1060. The largest absolute Gasteiger partial charge is 0.493 e. The molecule has 0 bridgehead atoms. The van der Waals surface area contributed by atoms with Gasteiger partial charge in [-0.15, -0.1) is 0 Å². The number of oxazole rings is 1. The topological polar surface area (TPSA) is 74.0 Å². The van der Waals surface area contributed by atoms with Crippen molar-refractivity contribution in [2.45, 2.75) is 25.2 Å². The molecule has 1 fully saturated rings. The molecule has 1 unspecified atom stereocenters. The average Bonchev–Trinajstić information content (AvgIpc) is 3.32. The van der Waals surface area contributed by atoms with Gasteiger partial charge in [0.2, 0.25) is 5.75 Å². The smallest absolute Gasteiger partial charge is 0.260 e. The highest BCUT2D eigenvalue weighted by molar-refractivity contribution is 5.78. The molecule has 1 amide bonds. The van der Waals surface area contributed by atoms with E-state index in [2.05, 4.69) is 4.98 Å². The summed E-state index contributed by atoms with van der Waals surface area (Å²) < 4.78 is 35.5. The molecular weight excluding hydrogens is 427 g/mol. The van der Waals surface area contributed by atoms with Crippen molar-refractivity contribution in [1.82, 2.24) is 9.88 Å². The fourth-order valence-corrected chi connectivity index (χ4v) is 3.99. The molecule has 8 heteroatoms. The van der Waals surface area contributed by atoms with Crippen LogP contribution in [0.2, 0.25) is 0 Å². The van der Waals surface area contributed by atoms with Gasteiger partial charge in [0.1, 0.15) is 11.6 Å². The molecule has 7 nitrogen and oxygen atoms in total. The Kier molecular flexibility index (Phi) is 7.12. The first kappa shape index (κ1) is 22.6. The number of nitrogens with zero attached hydrogens (tertiary/aromatic N) is 2. The van der Waals surface area contributed by atoms with Gasteiger partial charge in [-0.05, 0) is 42.7 Å². The van der Waals surface area contributed by atoms with Gasteiger partial charge in [-0.2, -0.15) is 0 Å². The molecule has 1 aliphatic rings. The SMILES string of the molecule is COc1cccc(OC)c1OCC(=O)N1CCCC(c2ncc(Cc3ccc(F)cc3)o2)C1. The van der Waals surface area contributed by atoms with Crippen LogP contribution < -0.4 is 14.2 Å². The lowest BCUT2D eigenvalue weighted by Crippen LogP contribution is -2.41. The molecule has 2 heterocycles. The first-order chi connectivity index (χ1) is 16.1. The molecule has 0 N–H and O–H groups in total. The Hall–Kier alpha value is -3.55. The van der Waals surface area contributed by atoms with Crippen molar-refractivity contribution < 1.29 is 27.8 Å². The van der Waals surface area contributed by atoms with Crippen molar-refractivity contribution in [2.24, 2.45) is 0 Å². The van der Waals surface area contributed by atoms with E-state index >= 15 is 0 Å². The highest BCUT2D eigenvalue weighted by Gasteiger charge is 2.28. The Morgan fingerprint density at radius 1 is 1.15 bits per heavy atom. The Morgan fingerprint density at radius 2 is 1.88 bits per heavy atom. The number of hydrogen-bond acceptors (Lipinski definition) is 6. The number of carbonyl (C=O) groups excluding carboxylic acids is 1. The van der Waals surface area contributed by atoms with Crippen LogP contribution >= 0.6 is 0 Å². The second-order valence-corrected chi connectivity index (χ2v) is 7.93. The van der Waals surface area contributed by atoms with Gasteiger partial charge in [-0.3, -0.25) is 4.79 Å². The molecule has 1 saturated heterocycles. The number of para-hydroxylation sites is 1. The van der Waals surface area contributed by atoms with Crippen LogP contribution in [0.25, 0.3) is 0 Å². The van der Waals surface area contributed by atoms with Gasteiger partial charge in [-0.25, -0.2) is 9.37 Å². The third-order valence-corrected chi connectivity index (χ3v) is 5.71. The number of carbonyl (C=O) groups is 1. The summed E-state index contributed by atoms with van der Waals surface area (Å²) in [5, 5.41) is 0. The summed E-state index contributed by atoms with van der Waals surface area (Å²) in [7, 11) is 3.08. The van der Waals surface area contributed by atoms with Gasteiger partial charge in [0.15, 0.2) is 24.0 Å². The van der Waals surface area contributed by atoms with E-state index < -0.39 is 0 Å². The number of amides is 1. The number of piperidine rings is 1. The molecule has 3 aromatic rings. The number of rotatable bonds is 8. The van der Waals surface area contributed by atoms with Crippen molar-refractivity contribution in [1.29, 1.82) is 0 Å². The maximum atomic E-state index is 13.1. The summed E-state index contributed by atoms with van der Waals surface area (Å²) in [6.45, 7) is 1.05. The number of hydrogen-bond donors (Lipinski definition) is 0. The van der Waals surface area contributed by atoms with Gasteiger partial charge in [0, 0.05) is 19.5 Å². The average molecular weight is 454 g/mol. The molecule has 0 spiro atoms. The zero-order valence-corrected chi connectivity index (χ0v) is 18.8. The molecule has 0 saturated carbocycles. The molecule has 0 aliphatic carbocycles. The van der Waals surface area contributed by atoms with Gasteiger partial charge < -0.3 is 23.5 Å². The van der Waals surface area contributed by atoms with Crippen LogP contribution in [0.15, 0.2) is 53.1 Å². The second kappa shape index (κ2) is 10.4. The zero-order valence-electron chi connectivity index (χ0n) is 18.8. The van der Waals surface area contributed by atoms with Crippen LogP contribution in [0.1, 0.15) is 36.0 Å². The summed E-state index contributed by atoms with van der Waals surface area (Å²) in [6, 6.07) is 11.6. The maximum Gasteiger partial charge on any atom is 0.260 e. The van der Waals surface area contributed by atoms with Crippen LogP contribution in [0.4, 0.5) is 4.39 Å². The lowest BCUT2D eigenvalue weighted by Gasteiger charge is -2.31. The van der Waals surface area contributed by atoms with E-state index in [0.29, 0.717) is 48.4 Å². The third kappa shape index (κ3) is 5.45. The van der Waals surface area contributed by atoms with Gasteiger partial charge in [0.05, 0.1) is 26.3 Å². The normalized spacial score (nSPS) is 15.8. The fourth-order valence-electron chi connectivity index (χ4n) is 3.99. The summed E-state index contributed by atoms with van der Waals surface area (Å²) >= 11 is 0. The minimum Gasteiger partial charge on any atom is -0.493 e. The molecule has 1 atom stereocenters. The van der Waals surface area contributed by atoms with Crippen molar-refractivity contribution in [2.75, 3.05) is 33.9 Å². The molecule has 1 aliphatic heterocycles. The molecule has 4 rings (SSSR count). The molecule has 0 radical (unpaired) electrons. The highest BCUT2D eigenvalue weighted by atomic mass is 19.1. The minimum absolute atomic E-state index is 0.0189. The maximum absolute atomic E-state index is 13.1. The number of halogens is 1. The quantitative estimate of drug-likeness (QED) is 0.508. The Balaban J connectivity index is 1.36. The first-order valence-corrected chi connectivity index (χ1v) is 10.9. The second-order valence-electron chi connectivity index (χ2n) is 7.93. The standard InChI is InChI=1S/C25H27FN2O5/c1-30-21-6-3-7-22(31-2)24(21)32-16-23(29)28-12-4-5-18(15-28)25-27-14-20(33-25)13-17-8-10-19(26)11-9-17/h3,6-11,14,18H,4-5,12-13,15-16H2,1-2H3. The molecule has 174 valence electrons. The van der Waals surface area contributed by atoms with Crippen molar-refractivity contribution in [3.8, 4) is 17.2 Å². The van der Waals surface area contributed by atoms with E-state index in [4.69, 9.17) is 18.6 Å². The number of likely N-dealkylation sites (tertiary alicyclic amines) is 1. The van der Waals surface area contributed by atoms with Gasteiger partial charge in [-0.1, -0.05) is 18.2 Å². The molecular formula is C25H27FN2O5. The molecule has 2 aromatic carbocycles. The third-order valence-electron chi connectivity index (χ3n) is 5.71. The Labute approximate surface area is 192 Å². The van der Waals surface area contributed by atoms with Gasteiger partial charge in [0.25, 0.3) is 5.91 Å². The lowest BCUT2D eigenvalue weighted by atomic mass is 9.98. The van der Waals surface area contributed by atoms with Gasteiger partial charge >= 0.3 is 0 Å². The fraction of sp³-hybridized carbons (Fsp3) is 0.360.